The molecule has 1 aromatic heterocycles. The van der Waals surface area contributed by atoms with E-state index in [0.29, 0.717) is 17.6 Å². The van der Waals surface area contributed by atoms with E-state index in [-0.39, 0.29) is 12.4 Å². The molecule has 2 rings (SSSR count). The summed E-state index contributed by atoms with van der Waals surface area (Å²) in [6, 6.07) is 8.56. The Labute approximate surface area is 116 Å². The maximum Gasteiger partial charge on any atom is 0.338 e. The number of esters is 1. The molecule has 4 nitrogen and oxygen atoms in total. The minimum atomic E-state index is -0.419. The monoisotopic (exact) mass is 270 g/mol. The quantitative estimate of drug-likeness (QED) is 0.474. The molecule has 2 aromatic rings. The molecule has 0 saturated heterocycles. The van der Waals surface area contributed by atoms with Gasteiger partial charge in [0.05, 0.1) is 5.56 Å². The van der Waals surface area contributed by atoms with Gasteiger partial charge in [-0.2, -0.15) is 0 Å². The third kappa shape index (κ3) is 3.03. The molecule has 0 aliphatic carbocycles. The zero-order chi connectivity index (χ0) is 14.5. The van der Waals surface area contributed by atoms with Crippen molar-refractivity contribution < 1.29 is 18.7 Å². The molecule has 0 bridgehead atoms. The van der Waals surface area contributed by atoms with E-state index in [9.17, 15) is 9.59 Å². The van der Waals surface area contributed by atoms with E-state index in [0.717, 1.165) is 11.1 Å². The molecule has 0 saturated carbocycles. The van der Waals surface area contributed by atoms with Gasteiger partial charge in [0, 0.05) is 5.56 Å². The molecule has 0 aliphatic rings. The third-order valence-electron chi connectivity index (χ3n) is 2.67. The first-order valence-corrected chi connectivity index (χ1v) is 6.09. The second-order valence-electron chi connectivity index (χ2n) is 4.29. The Kier molecular flexibility index (Phi) is 4.15. The zero-order valence-electron chi connectivity index (χ0n) is 11.1. The minimum absolute atomic E-state index is 0.165. The van der Waals surface area contributed by atoms with Gasteiger partial charge in [0.2, 0.25) is 0 Å². The van der Waals surface area contributed by atoms with Gasteiger partial charge in [0.1, 0.15) is 12.4 Å². The van der Waals surface area contributed by atoms with Gasteiger partial charge in [-0.05, 0) is 42.8 Å². The molecule has 102 valence electrons. The number of ether oxygens (including phenoxy) is 1. The number of carbonyl (C=O) groups is 2. The predicted molar refractivity (Wildman–Crippen MR) is 74.7 cm³/mol. The highest BCUT2D eigenvalue weighted by atomic mass is 16.5. The first-order valence-electron chi connectivity index (χ1n) is 6.09. The van der Waals surface area contributed by atoms with Crippen molar-refractivity contribution in [3.8, 4) is 11.3 Å². The number of aryl methyl sites for hydroxylation is 1. The Hall–Kier alpha value is -2.62. The smallest absolute Gasteiger partial charge is 0.338 e. The van der Waals surface area contributed by atoms with Gasteiger partial charge in [-0.25, -0.2) is 4.79 Å². The topological polar surface area (TPSA) is 56.5 Å². The van der Waals surface area contributed by atoms with Crippen LogP contribution in [0.15, 0.2) is 47.4 Å². The van der Waals surface area contributed by atoms with Crippen LogP contribution in [0.25, 0.3) is 11.3 Å². The Morgan fingerprint density at radius 1 is 1.35 bits per heavy atom. The van der Waals surface area contributed by atoms with Crippen molar-refractivity contribution >= 4 is 12.3 Å². The van der Waals surface area contributed by atoms with Crippen LogP contribution in [-0.4, -0.2) is 18.9 Å². The van der Waals surface area contributed by atoms with Crippen molar-refractivity contribution in [3.63, 3.8) is 0 Å². The molecule has 0 atom stereocenters. The molecular weight excluding hydrogens is 256 g/mol. The fourth-order valence-corrected chi connectivity index (χ4v) is 1.83. The van der Waals surface area contributed by atoms with E-state index < -0.39 is 5.97 Å². The van der Waals surface area contributed by atoms with Gasteiger partial charge in [0.15, 0.2) is 12.0 Å². The van der Waals surface area contributed by atoms with Crippen molar-refractivity contribution in [1.82, 2.24) is 0 Å². The summed E-state index contributed by atoms with van der Waals surface area (Å²) in [7, 11) is 0. The van der Waals surface area contributed by atoms with Gasteiger partial charge < -0.3 is 9.15 Å². The summed E-state index contributed by atoms with van der Waals surface area (Å²) < 4.78 is 10.4. The number of benzene rings is 1. The normalized spacial score (nSPS) is 10.1. The molecule has 0 aliphatic heterocycles. The van der Waals surface area contributed by atoms with Gasteiger partial charge in [-0.1, -0.05) is 12.7 Å². The van der Waals surface area contributed by atoms with E-state index in [4.69, 9.17) is 9.15 Å². The lowest BCUT2D eigenvalue weighted by Crippen LogP contribution is -2.05. The maximum atomic E-state index is 11.8. The average molecular weight is 270 g/mol. The summed E-state index contributed by atoms with van der Waals surface area (Å²) >= 11 is 0. The first-order chi connectivity index (χ1) is 9.63. The molecule has 1 aromatic carbocycles. The molecular formula is C16H14O4. The van der Waals surface area contributed by atoms with Gasteiger partial charge in [-0.3, -0.25) is 4.79 Å². The minimum Gasteiger partial charge on any atom is -0.458 e. The van der Waals surface area contributed by atoms with Crippen molar-refractivity contribution in [2.45, 2.75) is 6.92 Å². The molecule has 4 heteroatoms. The van der Waals surface area contributed by atoms with Crippen molar-refractivity contribution in [2.75, 3.05) is 6.61 Å². The van der Waals surface area contributed by atoms with Crippen LogP contribution in [0.2, 0.25) is 0 Å². The Morgan fingerprint density at radius 3 is 2.80 bits per heavy atom. The lowest BCUT2D eigenvalue weighted by Gasteiger charge is -2.06. The molecule has 0 fully saturated rings. The number of aldehydes is 1. The van der Waals surface area contributed by atoms with Crippen LogP contribution >= 0.6 is 0 Å². The van der Waals surface area contributed by atoms with Gasteiger partial charge in [0.25, 0.3) is 0 Å². The molecule has 20 heavy (non-hydrogen) atoms. The summed E-state index contributed by atoms with van der Waals surface area (Å²) in [5, 5.41) is 0. The van der Waals surface area contributed by atoms with Crippen molar-refractivity contribution in [2.24, 2.45) is 0 Å². The van der Waals surface area contributed by atoms with Gasteiger partial charge in [-0.15, -0.1) is 0 Å². The van der Waals surface area contributed by atoms with E-state index in [1.807, 2.05) is 13.0 Å². The summed E-state index contributed by atoms with van der Waals surface area (Å²) in [5.74, 6) is 0.364. The van der Waals surface area contributed by atoms with Crippen LogP contribution in [0.3, 0.4) is 0 Å². The molecule has 0 spiro atoms. The van der Waals surface area contributed by atoms with Crippen molar-refractivity contribution in [1.29, 1.82) is 0 Å². The highest BCUT2D eigenvalue weighted by Gasteiger charge is 2.11. The van der Waals surface area contributed by atoms with Crippen LogP contribution in [0.4, 0.5) is 0 Å². The number of hydrogen-bond acceptors (Lipinski definition) is 4. The van der Waals surface area contributed by atoms with E-state index in [2.05, 4.69) is 6.58 Å². The van der Waals surface area contributed by atoms with Gasteiger partial charge >= 0.3 is 5.97 Å². The fraction of sp³-hybridized carbons (Fsp3) is 0.125. The fourth-order valence-electron chi connectivity index (χ4n) is 1.83. The number of furan rings is 1. The van der Waals surface area contributed by atoms with Crippen LogP contribution in [0, 0.1) is 6.92 Å². The predicted octanol–water partition coefficient (Wildman–Crippen LogP) is 3.41. The Morgan fingerprint density at radius 2 is 2.15 bits per heavy atom. The van der Waals surface area contributed by atoms with E-state index >= 15 is 0 Å². The average Bonchev–Trinajstić information content (AvgIpc) is 2.93. The molecule has 1 heterocycles. The summed E-state index contributed by atoms with van der Waals surface area (Å²) in [5.41, 5.74) is 2.06. The molecule has 0 N–H and O–H groups in total. The van der Waals surface area contributed by atoms with Crippen LogP contribution in [0.5, 0.6) is 0 Å². The van der Waals surface area contributed by atoms with Crippen LogP contribution in [0.1, 0.15) is 26.5 Å². The third-order valence-corrected chi connectivity index (χ3v) is 2.67. The molecule has 0 unspecified atom stereocenters. The lowest BCUT2D eigenvalue weighted by molar-refractivity contribution is 0.0549. The molecule has 0 amide bonds. The second-order valence-corrected chi connectivity index (χ2v) is 4.29. The zero-order valence-corrected chi connectivity index (χ0v) is 11.1. The lowest BCUT2D eigenvalue weighted by atomic mass is 10.0. The Balaban J connectivity index is 2.35. The van der Waals surface area contributed by atoms with Crippen molar-refractivity contribution in [3.05, 3.63) is 59.9 Å². The van der Waals surface area contributed by atoms with Crippen LogP contribution < -0.4 is 0 Å². The second kappa shape index (κ2) is 6.02. The number of carbonyl (C=O) groups excluding carboxylic acids is 2. The molecule has 0 radical (unpaired) electrons. The Bertz CT molecular complexity index is 652. The number of hydrogen-bond donors (Lipinski definition) is 0. The summed E-state index contributed by atoms with van der Waals surface area (Å²) in [4.78, 5) is 22.5. The van der Waals surface area contributed by atoms with E-state index in [1.54, 1.807) is 24.3 Å². The maximum absolute atomic E-state index is 11.8. The van der Waals surface area contributed by atoms with Crippen LogP contribution in [-0.2, 0) is 4.74 Å². The highest BCUT2D eigenvalue weighted by Crippen LogP contribution is 2.24. The number of rotatable bonds is 5. The van der Waals surface area contributed by atoms with E-state index in [1.165, 1.54) is 6.08 Å². The SMILES string of the molecule is C=CCOC(=O)c1cc(C)cc(-c2ccc(C=O)o2)c1. The highest BCUT2D eigenvalue weighted by molar-refractivity contribution is 5.91. The standard InChI is InChI=1S/C16H14O4/c1-3-6-19-16(18)13-8-11(2)7-12(9-13)15-5-4-14(10-17)20-15/h3-5,7-10H,1,6H2,2H3. The summed E-state index contributed by atoms with van der Waals surface area (Å²) in [6.45, 7) is 5.53. The summed E-state index contributed by atoms with van der Waals surface area (Å²) in [6.07, 6.45) is 2.15. The largest absolute Gasteiger partial charge is 0.458 e. The first kappa shape index (κ1) is 13.8.